The molecule has 0 radical (unpaired) electrons. The third-order valence-electron chi connectivity index (χ3n) is 6.05. The van der Waals surface area contributed by atoms with Gasteiger partial charge in [0.15, 0.2) is 0 Å². The van der Waals surface area contributed by atoms with Crippen molar-refractivity contribution in [1.29, 1.82) is 0 Å². The zero-order valence-corrected chi connectivity index (χ0v) is 19.9. The molecule has 1 N–H and O–H groups in total. The first-order valence-corrected chi connectivity index (χ1v) is 11.8. The number of benzene rings is 3. The average molecular weight is 472 g/mol. The molecule has 3 aromatic carbocycles. The zero-order chi connectivity index (χ0) is 24.8. The molecule has 180 valence electrons. The third kappa shape index (κ3) is 5.06. The maximum Gasteiger partial charge on any atom is 0.300 e. The summed E-state index contributed by atoms with van der Waals surface area (Å²) in [6.45, 7) is 2.76. The number of ether oxygens (including phenoxy) is 2. The van der Waals surface area contributed by atoms with Gasteiger partial charge in [-0.3, -0.25) is 14.5 Å². The average Bonchev–Trinajstić information content (AvgIpc) is 3.17. The van der Waals surface area contributed by atoms with Crippen LogP contribution in [0.25, 0.3) is 5.76 Å². The first-order valence-electron chi connectivity index (χ1n) is 11.8. The van der Waals surface area contributed by atoms with E-state index in [1.165, 1.54) is 4.90 Å². The third-order valence-corrected chi connectivity index (χ3v) is 6.05. The number of amides is 1. The van der Waals surface area contributed by atoms with Gasteiger partial charge in [-0.05, 0) is 60.5 Å². The quantitative estimate of drug-likeness (QED) is 0.182. The number of hydrogen-bond acceptors (Lipinski definition) is 5. The van der Waals surface area contributed by atoms with Crippen molar-refractivity contribution in [3.05, 3.63) is 95.6 Å². The Morgan fingerprint density at radius 1 is 0.886 bits per heavy atom. The second-order valence-corrected chi connectivity index (χ2v) is 8.36. The highest BCUT2D eigenvalue weighted by molar-refractivity contribution is 6.51. The van der Waals surface area contributed by atoms with E-state index < -0.39 is 17.7 Å². The summed E-state index contributed by atoms with van der Waals surface area (Å²) in [7, 11) is 1.56. The summed E-state index contributed by atoms with van der Waals surface area (Å²) >= 11 is 0. The molecule has 1 amide bonds. The normalized spacial score (nSPS) is 17.0. The Kier molecular flexibility index (Phi) is 7.51. The maximum absolute atomic E-state index is 13.2. The number of methoxy groups -OCH3 is 1. The van der Waals surface area contributed by atoms with E-state index in [-0.39, 0.29) is 11.3 Å². The number of Topliss-reactive ketones (excluding diaryl/α,β-unsaturated/α-hetero) is 1. The van der Waals surface area contributed by atoms with Crippen molar-refractivity contribution in [2.24, 2.45) is 0 Å². The van der Waals surface area contributed by atoms with E-state index in [1.807, 2.05) is 30.3 Å². The number of aliphatic hydroxyl groups is 1. The van der Waals surface area contributed by atoms with Gasteiger partial charge in [0.25, 0.3) is 11.7 Å². The summed E-state index contributed by atoms with van der Waals surface area (Å²) in [5.74, 6) is -0.311. The molecular weight excluding hydrogens is 442 g/mol. The van der Waals surface area contributed by atoms with Crippen LogP contribution < -0.4 is 14.4 Å². The number of aliphatic hydroxyl groups excluding tert-OH is 1. The van der Waals surface area contributed by atoms with E-state index >= 15 is 0 Å². The molecule has 6 nitrogen and oxygen atoms in total. The van der Waals surface area contributed by atoms with Crippen molar-refractivity contribution in [2.75, 3.05) is 18.6 Å². The van der Waals surface area contributed by atoms with Gasteiger partial charge < -0.3 is 14.6 Å². The molecule has 1 heterocycles. The summed E-state index contributed by atoms with van der Waals surface area (Å²) in [6.07, 6.45) is 3.20. The minimum absolute atomic E-state index is 0.0497. The minimum Gasteiger partial charge on any atom is -0.507 e. The number of nitrogens with zero attached hydrogens (tertiary/aromatic N) is 1. The Morgan fingerprint density at radius 3 is 2.17 bits per heavy atom. The first kappa shape index (κ1) is 24.1. The second-order valence-electron chi connectivity index (χ2n) is 8.36. The van der Waals surface area contributed by atoms with E-state index in [1.54, 1.807) is 55.6 Å². The Balaban J connectivity index is 1.72. The van der Waals surface area contributed by atoms with Gasteiger partial charge in [0, 0.05) is 11.3 Å². The number of hydrogen-bond donors (Lipinski definition) is 1. The molecule has 35 heavy (non-hydrogen) atoms. The second kappa shape index (κ2) is 10.9. The molecule has 0 bridgehead atoms. The van der Waals surface area contributed by atoms with Crippen LogP contribution in [0.5, 0.6) is 11.5 Å². The summed E-state index contributed by atoms with van der Waals surface area (Å²) in [6, 6.07) is 22.3. The molecule has 6 heteroatoms. The van der Waals surface area contributed by atoms with Crippen LogP contribution in [0.4, 0.5) is 5.69 Å². The molecule has 0 spiro atoms. The zero-order valence-electron chi connectivity index (χ0n) is 19.9. The highest BCUT2D eigenvalue weighted by Gasteiger charge is 2.46. The van der Waals surface area contributed by atoms with Gasteiger partial charge in [-0.25, -0.2) is 0 Å². The van der Waals surface area contributed by atoms with Crippen molar-refractivity contribution >= 4 is 23.1 Å². The van der Waals surface area contributed by atoms with Crippen molar-refractivity contribution < 1.29 is 24.2 Å². The van der Waals surface area contributed by atoms with Crippen LogP contribution in [0, 0.1) is 0 Å². The van der Waals surface area contributed by atoms with Gasteiger partial charge in [0.05, 0.1) is 25.3 Å². The molecule has 1 saturated heterocycles. The lowest BCUT2D eigenvalue weighted by atomic mass is 9.95. The number of carbonyl (C=O) groups excluding carboxylic acids is 2. The van der Waals surface area contributed by atoms with Crippen molar-refractivity contribution in [1.82, 2.24) is 0 Å². The molecule has 3 aromatic rings. The van der Waals surface area contributed by atoms with Gasteiger partial charge in [0.2, 0.25) is 0 Å². The lowest BCUT2D eigenvalue weighted by Crippen LogP contribution is -2.29. The molecule has 0 aliphatic carbocycles. The summed E-state index contributed by atoms with van der Waals surface area (Å²) in [4.78, 5) is 27.8. The Morgan fingerprint density at radius 2 is 1.54 bits per heavy atom. The van der Waals surface area contributed by atoms with Gasteiger partial charge in [0.1, 0.15) is 17.3 Å². The first-order chi connectivity index (χ1) is 17.0. The number of rotatable bonds is 9. The van der Waals surface area contributed by atoms with Crippen LogP contribution in [-0.2, 0) is 9.59 Å². The number of anilines is 1. The highest BCUT2D eigenvalue weighted by atomic mass is 16.5. The number of unbranched alkanes of at least 4 members (excludes halogenated alkanes) is 2. The lowest BCUT2D eigenvalue weighted by Gasteiger charge is -2.25. The fourth-order valence-corrected chi connectivity index (χ4v) is 4.20. The van der Waals surface area contributed by atoms with Crippen molar-refractivity contribution in [2.45, 2.75) is 32.2 Å². The van der Waals surface area contributed by atoms with Crippen LogP contribution in [-0.4, -0.2) is 30.5 Å². The highest BCUT2D eigenvalue weighted by Crippen LogP contribution is 2.42. The summed E-state index contributed by atoms with van der Waals surface area (Å²) in [5, 5.41) is 11.2. The predicted molar refractivity (Wildman–Crippen MR) is 136 cm³/mol. The topological polar surface area (TPSA) is 76.1 Å². The molecule has 4 rings (SSSR count). The number of ketones is 1. The van der Waals surface area contributed by atoms with Crippen LogP contribution in [0.15, 0.2) is 84.4 Å². The standard InChI is InChI=1S/C29H29NO5/c1-3-4-8-19-35-24-15-11-21(12-16-24)27(31)25-26(20-9-6-5-7-10-20)30(29(33)28(25)32)22-13-17-23(34-2)18-14-22/h5-7,9-18,26,31H,3-4,8,19H2,1-2H3/b27-25+. The molecule has 1 aliphatic heterocycles. The minimum atomic E-state index is -0.769. The SMILES string of the molecule is CCCCCOc1ccc(/C(O)=C2\C(=O)C(=O)N(c3ccc(OC)cc3)C2c2ccccc2)cc1. The lowest BCUT2D eigenvalue weighted by molar-refractivity contribution is -0.132. The number of carbonyl (C=O) groups is 2. The fraction of sp³-hybridized carbons (Fsp3) is 0.241. The van der Waals surface area contributed by atoms with Crippen LogP contribution in [0.1, 0.15) is 43.4 Å². The molecule has 0 saturated carbocycles. The largest absolute Gasteiger partial charge is 0.507 e. The Bertz CT molecular complexity index is 1200. The van der Waals surface area contributed by atoms with Gasteiger partial charge in [-0.2, -0.15) is 0 Å². The smallest absolute Gasteiger partial charge is 0.300 e. The Labute approximate surface area is 205 Å². The summed E-state index contributed by atoms with van der Waals surface area (Å²) < 4.78 is 11.0. The Hall–Kier alpha value is -4.06. The fourth-order valence-electron chi connectivity index (χ4n) is 4.20. The van der Waals surface area contributed by atoms with Crippen molar-refractivity contribution in [3.63, 3.8) is 0 Å². The van der Waals surface area contributed by atoms with Crippen molar-refractivity contribution in [3.8, 4) is 11.5 Å². The van der Waals surface area contributed by atoms with E-state index in [2.05, 4.69) is 6.92 Å². The van der Waals surface area contributed by atoms with E-state index in [4.69, 9.17) is 9.47 Å². The maximum atomic E-state index is 13.2. The predicted octanol–water partition coefficient (Wildman–Crippen LogP) is 5.89. The summed E-state index contributed by atoms with van der Waals surface area (Å²) in [5.41, 5.74) is 1.75. The molecule has 1 unspecified atom stereocenters. The molecule has 1 atom stereocenters. The van der Waals surface area contributed by atoms with E-state index in [0.717, 1.165) is 24.8 Å². The van der Waals surface area contributed by atoms with E-state index in [9.17, 15) is 14.7 Å². The van der Waals surface area contributed by atoms with Crippen LogP contribution in [0.3, 0.4) is 0 Å². The molecular formula is C29H29NO5. The van der Waals surface area contributed by atoms with Gasteiger partial charge in [-0.15, -0.1) is 0 Å². The molecule has 1 aliphatic rings. The monoisotopic (exact) mass is 471 g/mol. The molecule has 0 aromatic heterocycles. The van der Waals surface area contributed by atoms with Gasteiger partial charge >= 0.3 is 0 Å². The van der Waals surface area contributed by atoms with E-state index in [0.29, 0.717) is 29.4 Å². The van der Waals surface area contributed by atoms with Crippen LogP contribution >= 0.6 is 0 Å². The molecule has 1 fully saturated rings. The van der Waals surface area contributed by atoms with Crippen LogP contribution in [0.2, 0.25) is 0 Å². The van der Waals surface area contributed by atoms with Gasteiger partial charge in [-0.1, -0.05) is 50.1 Å².